The minimum atomic E-state index is -3.72. The van der Waals surface area contributed by atoms with Crippen molar-refractivity contribution in [1.82, 2.24) is 4.90 Å². The molecule has 1 atom stereocenters. The molecule has 0 aromatic heterocycles. The number of amides is 1. The Balaban J connectivity index is 1.50. The van der Waals surface area contributed by atoms with E-state index in [1.54, 1.807) is 41.3 Å². The number of para-hydroxylation sites is 1. The number of anilines is 1. The third-order valence-electron chi connectivity index (χ3n) is 5.21. The van der Waals surface area contributed by atoms with Gasteiger partial charge in [-0.1, -0.05) is 18.2 Å². The summed E-state index contributed by atoms with van der Waals surface area (Å²) < 4.78 is 38.9. The molecule has 2 aromatic carbocycles. The fourth-order valence-corrected chi connectivity index (χ4v) is 4.81. The molecule has 0 radical (unpaired) electrons. The van der Waals surface area contributed by atoms with E-state index in [0.29, 0.717) is 31.0 Å². The van der Waals surface area contributed by atoms with Gasteiger partial charge in [-0.25, -0.2) is 8.42 Å². The number of carbonyl (C=O) groups excluding carboxylic acids is 1. The molecule has 29 heavy (non-hydrogen) atoms. The smallest absolute Gasteiger partial charge is 0.261 e. The van der Waals surface area contributed by atoms with Gasteiger partial charge in [-0.05, 0) is 55.7 Å². The van der Waals surface area contributed by atoms with Crippen LogP contribution in [0.4, 0.5) is 5.69 Å². The first kappa shape index (κ1) is 19.9. The molecule has 2 aromatic rings. The van der Waals surface area contributed by atoms with Crippen molar-refractivity contribution in [3.63, 3.8) is 0 Å². The van der Waals surface area contributed by atoms with E-state index < -0.39 is 10.0 Å². The summed E-state index contributed by atoms with van der Waals surface area (Å²) in [6.07, 6.45) is 2.42. The number of ether oxygens (including phenoxy) is 2. The van der Waals surface area contributed by atoms with Crippen molar-refractivity contribution in [1.29, 1.82) is 0 Å². The van der Waals surface area contributed by atoms with Crippen molar-refractivity contribution < 1.29 is 22.7 Å². The van der Waals surface area contributed by atoms with Gasteiger partial charge in [0.25, 0.3) is 15.9 Å². The first-order valence-corrected chi connectivity index (χ1v) is 11.2. The van der Waals surface area contributed by atoms with Crippen LogP contribution in [0.15, 0.2) is 59.5 Å². The van der Waals surface area contributed by atoms with E-state index >= 15 is 0 Å². The number of sulfonamides is 1. The predicted molar refractivity (Wildman–Crippen MR) is 108 cm³/mol. The lowest BCUT2D eigenvalue weighted by Gasteiger charge is -2.38. The van der Waals surface area contributed by atoms with Crippen LogP contribution in [-0.4, -0.2) is 51.3 Å². The second kappa shape index (κ2) is 8.52. The van der Waals surface area contributed by atoms with Crippen molar-refractivity contribution in [2.45, 2.75) is 36.5 Å². The van der Waals surface area contributed by atoms with E-state index in [2.05, 4.69) is 4.72 Å². The molecule has 1 unspecified atom stereocenters. The second-order valence-electron chi connectivity index (χ2n) is 7.17. The Hall–Kier alpha value is -2.42. The van der Waals surface area contributed by atoms with Crippen molar-refractivity contribution in [2.24, 2.45) is 0 Å². The van der Waals surface area contributed by atoms with Crippen molar-refractivity contribution in [3.8, 4) is 0 Å². The summed E-state index contributed by atoms with van der Waals surface area (Å²) in [6, 6.07) is 14.6. The van der Waals surface area contributed by atoms with Crippen LogP contribution in [0.2, 0.25) is 0 Å². The van der Waals surface area contributed by atoms with Gasteiger partial charge in [0.15, 0.2) is 6.29 Å². The Morgan fingerprint density at radius 1 is 0.966 bits per heavy atom. The molecular weight excluding hydrogens is 392 g/mol. The lowest BCUT2D eigenvalue weighted by molar-refractivity contribution is -0.100. The molecule has 0 saturated carbocycles. The summed E-state index contributed by atoms with van der Waals surface area (Å²) in [5, 5.41) is 0. The monoisotopic (exact) mass is 416 g/mol. The predicted octanol–water partition coefficient (Wildman–Crippen LogP) is 2.86. The quantitative estimate of drug-likeness (QED) is 0.810. The first-order valence-electron chi connectivity index (χ1n) is 9.77. The maximum Gasteiger partial charge on any atom is 0.261 e. The molecule has 1 N–H and O–H groups in total. The zero-order valence-corrected chi connectivity index (χ0v) is 16.8. The number of carbonyl (C=O) groups is 1. The Morgan fingerprint density at radius 2 is 1.66 bits per heavy atom. The van der Waals surface area contributed by atoms with E-state index in [0.717, 1.165) is 19.3 Å². The average molecular weight is 416 g/mol. The van der Waals surface area contributed by atoms with Crippen molar-refractivity contribution in [2.75, 3.05) is 24.5 Å². The standard InChI is InChI=1S/C21H24N2O5S/c24-20(23-13-5-4-8-19(23)21-27-14-15-28-21)16-9-11-18(12-10-16)29(25,26)22-17-6-2-1-3-7-17/h1-3,6-7,9-12,19,21-22H,4-5,8,13-15H2. The number of rotatable bonds is 5. The van der Waals surface area contributed by atoms with Crippen LogP contribution in [0, 0.1) is 0 Å². The average Bonchev–Trinajstić information content (AvgIpc) is 3.28. The topological polar surface area (TPSA) is 84.9 Å². The minimum absolute atomic E-state index is 0.107. The molecule has 2 fully saturated rings. The Labute approximate surface area is 170 Å². The molecule has 0 bridgehead atoms. The first-order chi connectivity index (χ1) is 14.0. The molecule has 2 heterocycles. The van der Waals surface area contributed by atoms with Crippen molar-refractivity contribution >= 4 is 21.6 Å². The number of hydrogen-bond acceptors (Lipinski definition) is 5. The van der Waals surface area contributed by atoms with Gasteiger partial charge in [0.2, 0.25) is 0 Å². The van der Waals surface area contributed by atoms with Gasteiger partial charge in [-0.3, -0.25) is 9.52 Å². The highest BCUT2D eigenvalue weighted by molar-refractivity contribution is 7.92. The second-order valence-corrected chi connectivity index (χ2v) is 8.85. The normalized spacial score (nSPS) is 20.6. The van der Waals surface area contributed by atoms with Crippen LogP contribution in [-0.2, 0) is 19.5 Å². The molecule has 0 aliphatic carbocycles. The molecule has 8 heteroatoms. The number of hydrogen-bond donors (Lipinski definition) is 1. The molecule has 2 aliphatic rings. The molecule has 0 spiro atoms. The van der Waals surface area contributed by atoms with Crippen LogP contribution in [0.5, 0.6) is 0 Å². The lowest BCUT2D eigenvalue weighted by atomic mass is 10.00. The fraction of sp³-hybridized carbons (Fsp3) is 0.381. The summed E-state index contributed by atoms with van der Waals surface area (Å²) in [5.74, 6) is -0.131. The van der Waals surface area contributed by atoms with Crippen LogP contribution >= 0.6 is 0 Å². The maximum atomic E-state index is 13.1. The molecule has 2 aliphatic heterocycles. The minimum Gasteiger partial charge on any atom is -0.348 e. The number of piperidine rings is 1. The van der Waals surface area contributed by atoms with Gasteiger partial charge in [-0.2, -0.15) is 0 Å². The molecule has 7 nitrogen and oxygen atoms in total. The zero-order valence-electron chi connectivity index (χ0n) is 16.0. The lowest BCUT2D eigenvalue weighted by Crippen LogP contribution is -2.50. The Morgan fingerprint density at radius 3 is 2.34 bits per heavy atom. The van der Waals surface area contributed by atoms with Crippen LogP contribution in [0.1, 0.15) is 29.6 Å². The highest BCUT2D eigenvalue weighted by Gasteiger charge is 2.36. The summed E-state index contributed by atoms with van der Waals surface area (Å²) >= 11 is 0. The van der Waals surface area contributed by atoms with Crippen LogP contribution in [0.25, 0.3) is 0 Å². The summed E-state index contributed by atoms with van der Waals surface area (Å²) in [5.41, 5.74) is 0.939. The van der Waals surface area contributed by atoms with E-state index in [-0.39, 0.29) is 23.1 Å². The van der Waals surface area contributed by atoms with Gasteiger partial charge in [-0.15, -0.1) is 0 Å². The zero-order chi connectivity index (χ0) is 20.3. The summed E-state index contributed by atoms with van der Waals surface area (Å²) in [7, 11) is -3.72. The third-order valence-corrected chi connectivity index (χ3v) is 6.61. The third kappa shape index (κ3) is 4.44. The van der Waals surface area contributed by atoms with E-state index in [1.807, 2.05) is 6.07 Å². The maximum absolute atomic E-state index is 13.1. The number of likely N-dealkylation sites (tertiary alicyclic amines) is 1. The molecule has 154 valence electrons. The van der Waals surface area contributed by atoms with Gasteiger partial charge >= 0.3 is 0 Å². The molecule has 4 rings (SSSR count). The van der Waals surface area contributed by atoms with Crippen LogP contribution in [0.3, 0.4) is 0 Å². The Bertz CT molecular complexity index is 941. The highest BCUT2D eigenvalue weighted by atomic mass is 32.2. The summed E-state index contributed by atoms with van der Waals surface area (Å²) in [6.45, 7) is 1.73. The molecule has 2 saturated heterocycles. The summed E-state index contributed by atoms with van der Waals surface area (Å²) in [4.78, 5) is 15.0. The van der Waals surface area contributed by atoms with Gasteiger partial charge in [0.05, 0.1) is 24.2 Å². The van der Waals surface area contributed by atoms with Gasteiger partial charge < -0.3 is 14.4 Å². The van der Waals surface area contributed by atoms with E-state index in [1.165, 1.54) is 12.1 Å². The molecular formula is C21H24N2O5S. The van der Waals surface area contributed by atoms with E-state index in [4.69, 9.17) is 9.47 Å². The number of nitrogens with one attached hydrogen (secondary N) is 1. The SMILES string of the molecule is O=C(c1ccc(S(=O)(=O)Nc2ccccc2)cc1)N1CCCCC1C1OCCO1. The molecule has 1 amide bonds. The highest BCUT2D eigenvalue weighted by Crippen LogP contribution is 2.26. The fourth-order valence-electron chi connectivity index (χ4n) is 3.75. The Kier molecular flexibility index (Phi) is 5.84. The van der Waals surface area contributed by atoms with Crippen molar-refractivity contribution in [3.05, 3.63) is 60.2 Å². The van der Waals surface area contributed by atoms with Gasteiger partial charge in [0.1, 0.15) is 0 Å². The number of benzene rings is 2. The van der Waals surface area contributed by atoms with Crippen LogP contribution < -0.4 is 4.72 Å². The largest absolute Gasteiger partial charge is 0.348 e. The van der Waals surface area contributed by atoms with Gasteiger partial charge in [0, 0.05) is 17.8 Å². The van der Waals surface area contributed by atoms with E-state index in [9.17, 15) is 13.2 Å². The number of nitrogens with zero attached hydrogens (tertiary/aromatic N) is 1.